The van der Waals surface area contributed by atoms with Crippen molar-refractivity contribution in [3.8, 4) is 17.2 Å². The highest BCUT2D eigenvalue weighted by Gasteiger charge is 2.18. The highest BCUT2D eigenvalue weighted by molar-refractivity contribution is 7.99. The fourth-order valence-electron chi connectivity index (χ4n) is 3.31. The van der Waals surface area contributed by atoms with Gasteiger partial charge in [0.2, 0.25) is 0 Å². The summed E-state index contributed by atoms with van der Waals surface area (Å²) in [6.07, 6.45) is 0.839. The summed E-state index contributed by atoms with van der Waals surface area (Å²) in [5.41, 5.74) is 1.10. The average Bonchev–Trinajstić information content (AvgIpc) is 3.26. The van der Waals surface area contributed by atoms with Crippen LogP contribution in [0, 0.1) is 0 Å². The first-order valence-corrected chi connectivity index (χ1v) is 11.8. The third-order valence-corrected chi connectivity index (χ3v) is 7.10. The Morgan fingerprint density at radius 2 is 1.81 bits per heavy atom. The second kappa shape index (κ2) is 9.58. The Kier molecular flexibility index (Phi) is 6.62. The van der Waals surface area contributed by atoms with E-state index >= 15 is 0 Å². The molecule has 0 radical (unpaired) electrons. The molecule has 2 heterocycles. The molecule has 0 bridgehead atoms. The molecular formula is C24H22N2O4S2. The van der Waals surface area contributed by atoms with E-state index in [1.807, 2.05) is 36.4 Å². The molecule has 0 saturated carbocycles. The van der Waals surface area contributed by atoms with Crippen LogP contribution in [0.15, 0.2) is 64.5 Å². The van der Waals surface area contributed by atoms with Gasteiger partial charge >= 0.3 is 0 Å². The van der Waals surface area contributed by atoms with Crippen molar-refractivity contribution >= 4 is 39.1 Å². The fraction of sp³-hybridized carbons (Fsp3) is 0.208. The number of benzene rings is 2. The number of hydrogen-bond donors (Lipinski definition) is 0. The van der Waals surface area contributed by atoms with Gasteiger partial charge in [0.1, 0.15) is 4.83 Å². The summed E-state index contributed by atoms with van der Waals surface area (Å²) >= 11 is 2.77. The van der Waals surface area contributed by atoms with Crippen molar-refractivity contribution in [3.05, 3.63) is 75.4 Å². The molecule has 0 N–H and O–H groups in total. The number of thiophene rings is 1. The molecule has 0 amide bonds. The topological polar surface area (TPSA) is 70.4 Å². The number of thioether (sulfide) groups is 1. The van der Waals surface area contributed by atoms with Crippen LogP contribution in [0.5, 0.6) is 11.5 Å². The van der Waals surface area contributed by atoms with Gasteiger partial charge in [0.25, 0.3) is 5.56 Å². The minimum absolute atomic E-state index is 0.0923. The Bertz CT molecular complexity index is 1330. The molecule has 164 valence electrons. The highest BCUT2D eigenvalue weighted by Crippen LogP contribution is 2.30. The molecule has 2 aromatic heterocycles. The first kappa shape index (κ1) is 22.1. The lowest BCUT2D eigenvalue weighted by Gasteiger charge is -2.12. The standard InChI is InChI=1S/C24H22N2O4S2/c1-4-17-13-18-22(32-17)25-24(26(23(18)28)16-8-6-5-7-9-16)31-14-19(27)15-10-11-20(29-2)21(12-15)30-3/h5-13H,4,14H2,1-3H3. The molecule has 8 heteroatoms. The third kappa shape index (κ3) is 4.28. The van der Waals surface area contributed by atoms with Gasteiger partial charge < -0.3 is 9.47 Å². The molecule has 0 fully saturated rings. The van der Waals surface area contributed by atoms with E-state index in [9.17, 15) is 9.59 Å². The first-order chi connectivity index (χ1) is 15.5. The predicted octanol–water partition coefficient (Wildman–Crippen LogP) is 5.00. The minimum Gasteiger partial charge on any atom is -0.493 e. The summed E-state index contributed by atoms with van der Waals surface area (Å²) in [6, 6.07) is 16.4. The van der Waals surface area contributed by atoms with Crippen LogP contribution in [0.25, 0.3) is 15.9 Å². The van der Waals surface area contributed by atoms with E-state index in [0.717, 1.165) is 17.0 Å². The van der Waals surface area contributed by atoms with Gasteiger partial charge in [-0.15, -0.1) is 11.3 Å². The molecule has 2 aromatic carbocycles. The van der Waals surface area contributed by atoms with Crippen molar-refractivity contribution < 1.29 is 14.3 Å². The summed E-state index contributed by atoms with van der Waals surface area (Å²) < 4.78 is 12.1. The molecule has 32 heavy (non-hydrogen) atoms. The SMILES string of the molecule is CCc1cc2c(=O)n(-c3ccccc3)c(SCC(=O)c3ccc(OC)c(OC)c3)nc2s1. The number of hydrogen-bond acceptors (Lipinski definition) is 7. The number of methoxy groups -OCH3 is 2. The molecule has 0 aliphatic rings. The number of fused-ring (bicyclic) bond motifs is 1. The van der Waals surface area contributed by atoms with Gasteiger partial charge in [-0.3, -0.25) is 14.2 Å². The number of aryl methyl sites for hydroxylation is 1. The molecule has 0 aliphatic heterocycles. The Morgan fingerprint density at radius 3 is 2.50 bits per heavy atom. The normalized spacial score (nSPS) is 11.0. The number of para-hydroxylation sites is 1. The van der Waals surface area contributed by atoms with E-state index in [1.165, 1.54) is 30.2 Å². The number of rotatable bonds is 8. The van der Waals surface area contributed by atoms with Gasteiger partial charge in [-0.05, 0) is 42.8 Å². The fourth-order valence-corrected chi connectivity index (χ4v) is 5.23. The van der Waals surface area contributed by atoms with Gasteiger partial charge in [-0.2, -0.15) is 0 Å². The Balaban J connectivity index is 1.71. The minimum atomic E-state index is -0.127. The van der Waals surface area contributed by atoms with Crippen LogP contribution in [0.1, 0.15) is 22.2 Å². The lowest BCUT2D eigenvalue weighted by atomic mass is 10.1. The molecular weight excluding hydrogens is 444 g/mol. The van der Waals surface area contributed by atoms with Gasteiger partial charge in [-0.25, -0.2) is 4.98 Å². The molecule has 4 aromatic rings. The summed E-state index contributed by atoms with van der Waals surface area (Å²) in [4.78, 5) is 32.8. The van der Waals surface area contributed by atoms with Gasteiger partial charge in [0.15, 0.2) is 22.4 Å². The Hall–Kier alpha value is -3.10. The number of nitrogens with zero attached hydrogens (tertiary/aromatic N) is 2. The van der Waals surface area contributed by atoms with Crippen LogP contribution in [0.4, 0.5) is 0 Å². The van der Waals surface area contributed by atoms with E-state index < -0.39 is 0 Å². The number of ether oxygens (including phenoxy) is 2. The second-order valence-corrected chi connectivity index (χ2v) is 8.99. The van der Waals surface area contributed by atoms with Crippen molar-refractivity contribution in [2.24, 2.45) is 0 Å². The second-order valence-electron chi connectivity index (χ2n) is 6.94. The lowest BCUT2D eigenvalue weighted by Crippen LogP contribution is -2.21. The van der Waals surface area contributed by atoms with Crippen molar-refractivity contribution in [1.29, 1.82) is 0 Å². The van der Waals surface area contributed by atoms with Gasteiger partial charge in [0, 0.05) is 10.4 Å². The largest absolute Gasteiger partial charge is 0.493 e. The zero-order chi connectivity index (χ0) is 22.7. The number of Topliss-reactive ketones (excluding diaryl/α,β-unsaturated/α-hetero) is 1. The first-order valence-electron chi connectivity index (χ1n) is 10.0. The lowest BCUT2D eigenvalue weighted by molar-refractivity contribution is 0.102. The molecule has 4 rings (SSSR count). The maximum Gasteiger partial charge on any atom is 0.267 e. The Morgan fingerprint density at radius 1 is 1.06 bits per heavy atom. The number of ketones is 1. The molecule has 0 saturated heterocycles. The molecule has 0 aliphatic carbocycles. The maximum absolute atomic E-state index is 13.3. The van der Waals surface area contributed by atoms with Gasteiger partial charge in [0.05, 0.1) is 31.0 Å². The van der Waals surface area contributed by atoms with E-state index in [2.05, 4.69) is 6.92 Å². The quantitative estimate of drug-likeness (QED) is 0.207. The monoisotopic (exact) mass is 466 g/mol. The average molecular weight is 467 g/mol. The van der Waals surface area contributed by atoms with Crippen LogP contribution in [0.2, 0.25) is 0 Å². The van der Waals surface area contributed by atoms with Crippen LogP contribution >= 0.6 is 23.1 Å². The van der Waals surface area contributed by atoms with E-state index in [4.69, 9.17) is 14.5 Å². The van der Waals surface area contributed by atoms with Gasteiger partial charge in [-0.1, -0.05) is 36.9 Å². The molecule has 0 unspecified atom stereocenters. The zero-order valence-corrected chi connectivity index (χ0v) is 19.6. The summed E-state index contributed by atoms with van der Waals surface area (Å²) in [7, 11) is 3.08. The predicted molar refractivity (Wildman–Crippen MR) is 129 cm³/mol. The summed E-state index contributed by atoms with van der Waals surface area (Å²) in [6.45, 7) is 2.05. The van der Waals surface area contributed by atoms with E-state index in [1.54, 1.807) is 29.9 Å². The van der Waals surface area contributed by atoms with E-state index in [0.29, 0.717) is 32.4 Å². The van der Waals surface area contributed by atoms with Crippen molar-refractivity contribution in [2.45, 2.75) is 18.5 Å². The third-order valence-electron chi connectivity index (χ3n) is 4.99. The van der Waals surface area contributed by atoms with E-state index in [-0.39, 0.29) is 17.1 Å². The maximum atomic E-state index is 13.3. The summed E-state index contributed by atoms with van der Waals surface area (Å²) in [5.74, 6) is 1.10. The van der Waals surface area contributed by atoms with Crippen LogP contribution < -0.4 is 15.0 Å². The van der Waals surface area contributed by atoms with Crippen LogP contribution in [-0.2, 0) is 6.42 Å². The number of carbonyl (C=O) groups is 1. The van der Waals surface area contributed by atoms with Crippen LogP contribution in [0.3, 0.4) is 0 Å². The van der Waals surface area contributed by atoms with Crippen molar-refractivity contribution in [1.82, 2.24) is 9.55 Å². The highest BCUT2D eigenvalue weighted by atomic mass is 32.2. The number of carbonyl (C=O) groups excluding carboxylic acids is 1. The van der Waals surface area contributed by atoms with Crippen LogP contribution in [-0.4, -0.2) is 35.3 Å². The van der Waals surface area contributed by atoms with Crippen molar-refractivity contribution in [3.63, 3.8) is 0 Å². The number of aromatic nitrogens is 2. The molecule has 0 spiro atoms. The summed E-state index contributed by atoms with van der Waals surface area (Å²) in [5, 5.41) is 1.10. The van der Waals surface area contributed by atoms with Crippen molar-refractivity contribution in [2.75, 3.05) is 20.0 Å². The smallest absolute Gasteiger partial charge is 0.267 e. The zero-order valence-electron chi connectivity index (χ0n) is 18.0. The Labute approximate surface area is 193 Å². The molecule has 6 nitrogen and oxygen atoms in total. The molecule has 0 atom stereocenters.